The lowest BCUT2D eigenvalue weighted by molar-refractivity contribution is 0.102. The number of amides is 1. The van der Waals surface area contributed by atoms with E-state index in [9.17, 15) is 14.3 Å². The second-order valence-electron chi connectivity index (χ2n) is 6.51. The standard InChI is InChI=1S/C23H23FN2O3/c1-29-19-10-7-17(8-11-19)22(27)26-21-15-18(24)9-12-20(21)23(28)25-14-13-16-5-3-2-4-6-16/h2-12,15,23,25,28H,13-14H2,1H3,(H,26,27). The molecule has 1 amide bonds. The summed E-state index contributed by atoms with van der Waals surface area (Å²) in [6, 6.07) is 20.3. The Hall–Kier alpha value is -3.22. The molecule has 0 bridgehead atoms. The van der Waals surface area contributed by atoms with Gasteiger partial charge in [-0.1, -0.05) is 36.4 Å². The van der Waals surface area contributed by atoms with E-state index < -0.39 is 18.0 Å². The van der Waals surface area contributed by atoms with E-state index in [0.717, 1.165) is 12.0 Å². The largest absolute Gasteiger partial charge is 0.497 e. The van der Waals surface area contributed by atoms with Gasteiger partial charge in [-0.25, -0.2) is 4.39 Å². The highest BCUT2D eigenvalue weighted by Gasteiger charge is 2.16. The van der Waals surface area contributed by atoms with Crippen molar-refractivity contribution in [3.63, 3.8) is 0 Å². The van der Waals surface area contributed by atoms with Crippen LogP contribution in [0.25, 0.3) is 0 Å². The summed E-state index contributed by atoms with van der Waals surface area (Å²) in [6.07, 6.45) is -0.322. The van der Waals surface area contributed by atoms with Crippen molar-refractivity contribution < 1.29 is 19.0 Å². The van der Waals surface area contributed by atoms with Gasteiger partial charge in [-0.2, -0.15) is 0 Å². The smallest absolute Gasteiger partial charge is 0.255 e. The number of carbonyl (C=O) groups excluding carboxylic acids is 1. The number of carbonyl (C=O) groups is 1. The molecule has 0 aromatic heterocycles. The SMILES string of the molecule is COc1ccc(C(=O)Nc2cc(F)ccc2C(O)NCCc2ccccc2)cc1. The van der Waals surface area contributed by atoms with Crippen LogP contribution < -0.4 is 15.4 Å². The second kappa shape index (κ2) is 9.82. The number of hydrogen-bond acceptors (Lipinski definition) is 4. The second-order valence-corrected chi connectivity index (χ2v) is 6.51. The fraction of sp³-hybridized carbons (Fsp3) is 0.174. The number of rotatable bonds is 8. The van der Waals surface area contributed by atoms with Crippen LogP contribution in [-0.2, 0) is 6.42 Å². The molecule has 6 heteroatoms. The summed E-state index contributed by atoms with van der Waals surface area (Å²) in [5, 5.41) is 16.2. The molecule has 29 heavy (non-hydrogen) atoms. The minimum atomic E-state index is -1.05. The molecule has 0 aliphatic rings. The van der Waals surface area contributed by atoms with E-state index in [1.807, 2.05) is 30.3 Å². The van der Waals surface area contributed by atoms with Gasteiger partial charge in [0, 0.05) is 17.7 Å². The molecular weight excluding hydrogens is 371 g/mol. The first-order valence-electron chi connectivity index (χ1n) is 9.27. The molecule has 0 aliphatic heterocycles. The third kappa shape index (κ3) is 5.63. The first-order valence-corrected chi connectivity index (χ1v) is 9.27. The van der Waals surface area contributed by atoms with E-state index in [2.05, 4.69) is 10.6 Å². The molecule has 0 saturated carbocycles. The van der Waals surface area contributed by atoms with Crippen molar-refractivity contribution in [1.82, 2.24) is 5.32 Å². The first-order chi connectivity index (χ1) is 14.1. The van der Waals surface area contributed by atoms with Crippen LogP contribution in [0.15, 0.2) is 72.8 Å². The fourth-order valence-corrected chi connectivity index (χ4v) is 2.92. The summed E-state index contributed by atoms with van der Waals surface area (Å²) >= 11 is 0. The van der Waals surface area contributed by atoms with Gasteiger partial charge in [-0.05, 0) is 48.4 Å². The van der Waals surface area contributed by atoms with Gasteiger partial charge in [-0.15, -0.1) is 0 Å². The Kier molecular flexibility index (Phi) is 6.94. The van der Waals surface area contributed by atoms with Crippen molar-refractivity contribution in [1.29, 1.82) is 0 Å². The third-order valence-electron chi connectivity index (χ3n) is 4.50. The number of aliphatic hydroxyl groups is 1. The maximum Gasteiger partial charge on any atom is 0.255 e. The molecule has 0 heterocycles. The van der Waals surface area contributed by atoms with E-state index in [0.29, 0.717) is 23.4 Å². The molecule has 1 atom stereocenters. The van der Waals surface area contributed by atoms with Crippen molar-refractivity contribution in [3.05, 3.63) is 95.3 Å². The Morgan fingerprint density at radius 2 is 1.79 bits per heavy atom. The Balaban J connectivity index is 1.68. The summed E-state index contributed by atoms with van der Waals surface area (Å²) in [5.74, 6) is -0.280. The lowest BCUT2D eigenvalue weighted by Gasteiger charge is -2.18. The molecule has 0 saturated heterocycles. The minimum Gasteiger partial charge on any atom is -0.497 e. The summed E-state index contributed by atoms with van der Waals surface area (Å²) in [6.45, 7) is 0.522. The van der Waals surface area contributed by atoms with E-state index in [1.165, 1.54) is 18.2 Å². The van der Waals surface area contributed by atoms with Crippen LogP contribution in [0.5, 0.6) is 5.75 Å². The molecule has 1 unspecified atom stereocenters. The summed E-state index contributed by atoms with van der Waals surface area (Å²) in [7, 11) is 1.54. The maximum absolute atomic E-state index is 13.8. The van der Waals surface area contributed by atoms with Crippen molar-refractivity contribution in [3.8, 4) is 5.75 Å². The lowest BCUT2D eigenvalue weighted by Crippen LogP contribution is -2.25. The first kappa shape index (κ1) is 20.5. The quantitative estimate of drug-likeness (QED) is 0.507. The number of nitrogens with one attached hydrogen (secondary N) is 2. The predicted octanol–water partition coefficient (Wildman–Crippen LogP) is 3.91. The number of hydrogen-bond donors (Lipinski definition) is 3. The normalized spacial score (nSPS) is 11.7. The van der Waals surface area contributed by atoms with Crippen LogP contribution in [0.1, 0.15) is 27.7 Å². The Morgan fingerprint density at radius 1 is 1.07 bits per heavy atom. The summed E-state index contributed by atoms with van der Waals surface area (Å²) in [4.78, 5) is 12.5. The number of methoxy groups -OCH3 is 1. The van der Waals surface area contributed by atoms with Crippen LogP contribution in [0.4, 0.5) is 10.1 Å². The van der Waals surface area contributed by atoms with Crippen molar-refractivity contribution in [2.75, 3.05) is 19.0 Å². The van der Waals surface area contributed by atoms with Gasteiger partial charge in [0.1, 0.15) is 17.8 Å². The number of halogens is 1. The van der Waals surface area contributed by atoms with Crippen LogP contribution in [0.3, 0.4) is 0 Å². The Labute approximate surface area is 169 Å². The van der Waals surface area contributed by atoms with Crippen LogP contribution in [-0.4, -0.2) is 24.7 Å². The topological polar surface area (TPSA) is 70.6 Å². The number of ether oxygens (including phenoxy) is 1. The van der Waals surface area contributed by atoms with Gasteiger partial charge in [-0.3, -0.25) is 10.1 Å². The molecule has 0 fully saturated rings. The monoisotopic (exact) mass is 394 g/mol. The Morgan fingerprint density at radius 3 is 2.48 bits per heavy atom. The lowest BCUT2D eigenvalue weighted by atomic mass is 10.1. The van der Waals surface area contributed by atoms with Gasteiger partial charge in [0.15, 0.2) is 0 Å². The van der Waals surface area contributed by atoms with Gasteiger partial charge >= 0.3 is 0 Å². The van der Waals surface area contributed by atoms with Gasteiger partial charge in [0.2, 0.25) is 0 Å². The average molecular weight is 394 g/mol. The van der Waals surface area contributed by atoms with E-state index >= 15 is 0 Å². The van der Waals surface area contributed by atoms with E-state index in [-0.39, 0.29) is 5.69 Å². The third-order valence-corrected chi connectivity index (χ3v) is 4.50. The zero-order valence-electron chi connectivity index (χ0n) is 16.1. The molecule has 3 rings (SSSR count). The molecule has 0 spiro atoms. The van der Waals surface area contributed by atoms with Crippen LogP contribution in [0.2, 0.25) is 0 Å². The molecule has 0 radical (unpaired) electrons. The van der Waals surface area contributed by atoms with E-state index in [4.69, 9.17) is 4.74 Å². The average Bonchev–Trinajstić information content (AvgIpc) is 2.74. The zero-order valence-corrected chi connectivity index (χ0v) is 16.1. The predicted molar refractivity (Wildman–Crippen MR) is 110 cm³/mol. The number of anilines is 1. The van der Waals surface area contributed by atoms with Crippen LogP contribution >= 0.6 is 0 Å². The minimum absolute atomic E-state index is 0.213. The molecule has 3 N–H and O–H groups in total. The summed E-state index contributed by atoms with van der Waals surface area (Å²) in [5.41, 5.74) is 2.14. The number of benzene rings is 3. The summed E-state index contributed by atoms with van der Waals surface area (Å²) < 4.78 is 18.8. The molecule has 150 valence electrons. The van der Waals surface area contributed by atoms with Crippen LogP contribution in [0, 0.1) is 5.82 Å². The van der Waals surface area contributed by atoms with Gasteiger partial charge in [0.25, 0.3) is 5.91 Å². The molecule has 3 aromatic carbocycles. The molecule has 3 aromatic rings. The maximum atomic E-state index is 13.8. The zero-order chi connectivity index (χ0) is 20.6. The number of aliphatic hydroxyl groups excluding tert-OH is 1. The van der Waals surface area contributed by atoms with Crippen molar-refractivity contribution in [2.45, 2.75) is 12.6 Å². The fourth-order valence-electron chi connectivity index (χ4n) is 2.92. The molecule has 0 aliphatic carbocycles. The van der Waals surface area contributed by atoms with Crippen molar-refractivity contribution in [2.24, 2.45) is 0 Å². The molecular formula is C23H23FN2O3. The van der Waals surface area contributed by atoms with Gasteiger partial charge in [0.05, 0.1) is 12.8 Å². The molecule has 5 nitrogen and oxygen atoms in total. The van der Waals surface area contributed by atoms with Crippen molar-refractivity contribution >= 4 is 11.6 Å². The van der Waals surface area contributed by atoms with E-state index in [1.54, 1.807) is 31.4 Å². The Bertz CT molecular complexity index is 946. The highest BCUT2D eigenvalue weighted by atomic mass is 19.1. The highest BCUT2D eigenvalue weighted by molar-refractivity contribution is 6.04. The highest BCUT2D eigenvalue weighted by Crippen LogP contribution is 2.24. The van der Waals surface area contributed by atoms with Gasteiger partial charge < -0.3 is 15.2 Å².